The SMILES string of the molecule is CCC1(C(C)C)CCC2=C(C1)C1(C)CCCCC1(C)N2C1C=C2C(CC1)B1C3=CCCC4C3C(C3CC(N5C6=C(CC(C(C)(C)C)CC6)C6(C)CCCCC56C)CC(C13)C2C1CCC2C(C1)C(C)(C)CCC2(C)C)C1C4C2CC=CC=C2C1(C)C. The first-order valence-electron chi connectivity index (χ1n) is 38.1. The van der Waals surface area contributed by atoms with Gasteiger partial charge in [0.05, 0.1) is 0 Å². The molecule has 4 heterocycles. The Balaban J connectivity index is 0.896. The lowest BCUT2D eigenvalue weighted by molar-refractivity contribution is -0.0785. The zero-order valence-corrected chi connectivity index (χ0v) is 57.8. The molecule has 85 heavy (non-hydrogen) atoms. The van der Waals surface area contributed by atoms with Crippen molar-refractivity contribution in [3.8, 4) is 0 Å². The molecule has 0 radical (unpaired) electrons. The molecule has 16 aliphatic rings. The minimum atomic E-state index is 0.220. The lowest BCUT2D eigenvalue weighted by Gasteiger charge is -2.66. The molecule has 22 atom stereocenters. The second-order valence-corrected chi connectivity index (χ2v) is 39.1. The lowest BCUT2D eigenvalue weighted by atomic mass is 9.15. The van der Waals surface area contributed by atoms with Gasteiger partial charge < -0.3 is 9.80 Å². The maximum Gasteiger partial charge on any atom is 0.181 e. The quantitative estimate of drug-likeness (QED) is 0.200. The molecule has 12 aliphatic carbocycles. The van der Waals surface area contributed by atoms with E-state index in [4.69, 9.17) is 0 Å². The fourth-order valence-corrected chi connectivity index (χ4v) is 29.7. The van der Waals surface area contributed by atoms with Crippen molar-refractivity contribution < 1.29 is 0 Å². The normalized spacial score (nSPS) is 50.4. The third-order valence-corrected chi connectivity index (χ3v) is 34.4. The molecule has 9 fully saturated rings. The number of hydrogen-bond acceptors (Lipinski definition) is 2. The van der Waals surface area contributed by atoms with E-state index < -0.39 is 0 Å². The molecule has 0 aromatic heterocycles. The molecular weight excluding hydrogens is 1020 g/mol. The first-order valence-corrected chi connectivity index (χ1v) is 38.1. The van der Waals surface area contributed by atoms with Gasteiger partial charge in [0, 0.05) is 45.4 Å². The second-order valence-electron chi connectivity index (χ2n) is 39.1. The fraction of sp³-hybridized carbons (Fsp3) is 0.854. The highest BCUT2D eigenvalue weighted by Crippen LogP contribution is 2.79. The molecule has 466 valence electrons. The molecule has 0 aromatic carbocycles. The topological polar surface area (TPSA) is 6.48 Å². The van der Waals surface area contributed by atoms with Gasteiger partial charge in [-0.3, -0.25) is 0 Å². The van der Waals surface area contributed by atoms with Crippen molar-refractivity contribution in [2.75, 3.05) is 0 Å². The number of nitrogens with zero attached hydrogens (tertiary/aromatic N) is 2. The Labute approximate surface area is 522 Å². The third kappa shape index (κ3) is 7.61. The minimum Gasteiger partial charge on any atom is -0.366 e. The van der Waals surface area contributed by atoms with Gasteiger partial charge in [-0.05, 0) is 282 Å². The van der Waals surface area contributed by atoms with Crippen molar-refractivity contribution in [3.63, 3.8) is 0 Å². The van der Waals surface area contributed by atoms with Gasteiger partial charge in [0.15, 0.2) is 6.71 Å². The Morgan fingerprint density at radius 2 is 1.34 bits per heavy atom. The van der Waals surface area contributed by atoms with Gasteiger partial charge in [0.2, 0.25) is 0 Å². The highest BCUT2D eigenvalue weighted by Gasteiger charge is 2.74. The van der Waals surface area contributed by atoms with Gasteiger partial charge in [0.25, 0.3) is 0 Å². The Morgan fingerprint density at radius 3 is 2.06 bits per heavy atom. The second kappa shape index (κ2) is 19.1. The summed E-state index contributed by atoms with van der Waals surface area (Å²) in [6.45, 7) is 44.4. The summed E-state index contributed by atoms with van der Waals surface area (Å²) < 4.78 is 0. The molecule has 0 aromatic rings. The van der Waals surface area contributed by atoms with E-state index in [1.54, 1.807) is 0 Å². The summed E-state index contributed by atoms with van der Waals surface area (Å²) in [7, 11) is 0. The fourth-order valence-electron chi connectivity index (χ4n) is 29.7. The van der Waals surface area contributed by atoms with E-state index in [-0.39, 0.29) is 16.5 Å². The van der Waals surface area contributed by atoms with Crippen molar-refractivity contribution >= 4 is 6.71 Å². The van der Waals surface area contributed by atoms with E-state index in [0.29, 0.717) is 44.6 Å². The smallest absolute Gasteiger partial charge is 0.181 e. The van der Waals surface area contributed by atoms with Crippen LogP contribution in [0, 0.1) is 121 Å². The first-order chi connectivity index (χ1) is 40.2. The minimum absolute atomic E-state index is 0.220. The summed E-state index contributed by atoms with van der Waals surface area (Å²) in [5.74, 6) is 13.0. The van der Waals surface area contributed by atoms with Crippen LogP contribution in [0.3, 0.4) is 0 Å². The Bertz CT molecular complexity index is 2930. The molecule has 2 nitrogen and oxygen atoms in total. The first kappa shape index (κ1) is 58.2. The van der Waals surface area contributed by atoms with Crippen LogP contribution in [-0.4, -0.2) is 39.7 Å². The maximum atomic E-state index is 3.47. The van der Waals surface area contributed by atoms with Gasteiger partial charge >= 0.3 is 0 Å². The van der Waals surface area contributed by atoms with Gasteiger partial charge in [-0.25, -0.2) is 0 Å². The summed E-state index contributed by atoms with van der Waals surface area (Å²) in [4.78, 5) is 6.82. The van der Waals surface area contributed by atoms with E-state index in [2.05, 4.69) is 162 Å². The van der Waals surface area contributed by atoms with Crippen LogP contribution in [0.5, 0.6) is 0 Å². The Kier molecular flexibility index (Phi) is 13.1. The Hall–Kier alpha value is -1.90. The maximum absolute atomic E-state index is 3.47. The average Bonchev–Trinajstić information content (AvgIpc) is 1.64. The van der Waals surface area contributed by atoms with Gasteiger partial charge in [0.1, 0.15) is 0 Å². The zero-order chi connectivity index (χ0) is 59.3. The number of allylic oxidation sites excluding steroid dienone is 9. The van der Waals surface area contributed by atoms with E-state index in [9.17, 15) is 0 Å². The molecular formula is C82H125BN2. The van der Waals surface area contributed by atoms with Crippen LogP contribution < -0.4 is 0 Å². The van der Waals surface area contributed by atoms with Crippen molar-refractivity contribution in [2.24, 2.45) is 121 Å². The highest BCUT2D eigenvalue weighted by molar-refractivity contribution is 6.71. The summed E-state index contributed by atoms with van der Waals surface area (Å²) in [5.41, 5.74) is 16.9. The molecule has 2 saturated heterocycles. The van der Waals surface area contributed by atoms with Crippen LogP contribution in [0.1, 0.15) is 284 Å². The molecule has 0 N–H and O–H groups in total. The van der Waals surface area contributed by atoms with E-state index in [1.165, 1.54) is 173 Å². The molecule has 0 bridgehead atoms. The molecule has 22 unspecified atom stereocenters. The van der Waals surface area contributed by atoms with Crippen LogP contribution in [0.25, 0.3) is 0 Å². The third-order valence-electron chi connectivity index (χ3n) is 34.4. The number of hydrogen-bond donors (Lipinski definition) is 0. The standard InChI is InChI=1S/C82H125BN2/c1-17-82(49(2)3)40-35-67-63(48-82)79(14)37-21-23-39-81(79,16)84(67)52-31-33-64-56(45-52)68(50-29-32-60-61(43-50)76(9,10)42-41-75(60,7)8)57-46-53(85-66-34-30-51(74(4,5)6)44-62(66)78(13)36-20-22-38-80(78,85)15)47-58-71-70-55(26-24-28-65(70)83(64)73(57)58)69-54-25-18-19-27-59(54)77(11,12)72(69)71/h18-19,27-28,45,49-55,57-58,60-61,64,68-73H,17,20-26,29-44,46-48H2,1-16H3. The van der Waals surface area contributed by atoms with Crippen LogP contribution >= 0.6 is 0 Å². The van der Waals surface area contributed by atoms with Crippen molar-refractivity contribution in [3.05, 3.63) is 69.5 Å². The van der Waals surface area contributed by atoms with Crippen molar-refractivity contribution in [2.45, 2.75) is 319 Å². The molecule has 4 aliphatic heterocycles. The average molecular weight is 1150 g/mol. The molecule has 16 rings (SSSR count). The van der Waals surface area contributed by atoms with Gasteiger partial charge in [-0.15, -0.1) is 5.47 Å². The van der Waals surface area contributed by atoms with Crippen LogP contribution in [0.2, 0.25) is 11.6 Å². The monoisotopic (exact) mass is 1150 g/mol. The molecule has 3 heteroatoms. The van der Waals surface area contributed by atoms with E-state index in [0.717, 1.165) is 101 Å². The van der Waals surface area contributed by atoms with E-state index >= 15 is 0 Å². The highest BCUT2D eigenvalue weighted by atomic mass is 15.3. The van der Waals surface area contributed by atoms with E-state index in [1.807, 2.05) is 28.1 Å². The van der Waals surface area contributed by atoms with Crippen LogP contribution in [0.15, 0.2) is 69.5 Å². The largest absolute Gasteiger partial charge is 0.366 e. The molecule has 0 spiro atoms. The number of rotatable bonds is 5. The molecule has 7 saturated carbocycles. The predicted octanol–water partition coefficient (Wildman–Crippen LogP) is 22.0. The van der Waals surface area contributed by atoms with Gasteiger partial charge in [-0.1, -0.05) is 176 Å². The molecule has 0 amide bonds. The van der Waals surface area contributed by atoms with Gasteiger partial charge in [-0.2, -0.15) is 0 Å². The van der Waals surface area contributed by atoms with Crippen LogP contribution in [0.4, 0.5) is 0 Å². The lowest BCUT2D eigenvalue weighted by Crippen LogP contribution is -2.64. The number of fused-ring (bicyclic) bond motifs is 14. The summed E-state index contributed by atoms with van der Waals surface area (Å²) in [5, 5.41) is 0. The van der Waals surface area contributed by atoms with Crippen molar-refractivity contribution in [1.29, 1.82) is 0 Å². The van der Waals surface area contributed by atoms with Crippen molar-refractivity contribution in [1.82, 2.24) is 9.80 Å². The van der Waals surface area contributed by atoms with Crippen LogP contribution in [-0.2, 0) is 0 Å². The zero-order valence-electron chi connectivity index (χ0n) is 57.8. The summed E-state index contributed by atoms with van der Waals surface area (Å²) in [6.07, 6.45) is 52.4. The summed E-state index contributed by atoms with van der Waals surface area (Å²) >= 11 is 0. The predicted molar refractivity (Wildman–Crippen MR) is 359 cm³/mol. The Morgan fingerprint density at radius 1 is 0.659 bits per heavy atom. The summed E-state index contributed by atoms with van der Waals surface area (Å²) in [6, 6.07) is 1.22.